The van der Waals surface area contributed by atoms with Crippen LogP contribution < -0.4 is 4.90 Å². The summed E-state index contributed by atoms with van der Waals surface area (Å²) in [6, 6.07) is 12.7. The highest BCUT2D eigenvalue weighted by atomic mass is 16.4. The summed E-state index contributed by atoms with van der Waals surface area (Å²) in [4.78, 5) is 26.6. The predicted molar refractivity (Wildman–Crippen MR) is 93.4 cm³/mol. The van der Waals surface area contributed by atoms with Gasteiger partial charge in [0.2, 0.25) is 0 Å². The molecule has 1 N–H and O–H groups in total. The third-order valence-electron chi connectivity index (χ3n) is 4.31. The maximum Gasteiger partial charge on any atom is 0.335 e. The molecule has 0 saturated heterocycles. The van der Waals surface area contributed by atoms with Crippen molar-refractivity contribution in [1.29, 1.82) is 0 Å². The lowest BCUT2D eigenvalue weighted by Gasteiger charge is -2.30. The molecule has 0 aliphatic carbocycles. The van der Waals surface area contributed by atoms with Crippen LogP contribution in [0.1, 0.15) is 21.6 Å². The molecule has 0 unspecified atom stereocenters. The molecule has 0 atom stereocenters. The highest BCUT2D eigenvalue weighted by molar-refractivity contribution is 5.88. The summed E-state index contributed by atoms with van der Waals surface area (Å²) < 4.78 is 0. The fraction of sp³-hybridized carbons (Fsp3) is 0.158. The Labute approximate surface area is 144 Å². The van der Waals surface area contributed by atoms with E-state index in [4.69, 9.17) is 5.11 Å². The molecule has 0 fully saturated rings. The van der Waals surface area contributed by atoms with Crippen LogP contribution in [0.15, 0.2) is 54.9 Å². The molecule has 3 heterocycles. The van der Waals surface area contributed by atoms with Gasteiger partial charge in [-0.2, -0.15) is 0 Å². The second-order valence-electron chi connectivity index (χ2n) is 5.90. The van der Waals surface area contributed by atoms with Gasteiger partial charge in [-0.25, -0.2) is 14.8 Å². The Balaban J connectivity index is 1.56. The van der Waals surface area contributed by atoms with Gasteiger partial charge in [0.25, 0.3) is 0 Å². The number of benzene rings is 1. The van der Waals surface area contributed by atoms with E-state index in [1.54, 1.807) is 18.3 Å². The number of pyridine rings is 1. The third-order valence-corrected chi connectivity index (χ3v) is 4.31. The average molecular weight is 332 g/mol. The van der Waals surface area contributed by atoms with Crippen molar-refractivity contribution in [2.75, 3.05) is 11.4 Å². The van der Waals surface area contributed by atoms with E-state index in [0.29, 0.717) is 17.9 Å². The SMILES string of the molecule is O=C(O)c1ccc(N2CCc3nc(-c4ccccn4)ncc3C2)cc1. The van der Waals surface area contributed by atoms with E-state index in [1.807, 2.05) is 36.5 Å². The van der Waals surface area contributed by atoms with E-state index >= 15 is 0 Å². The molecule has 0 bridgehead atoms. The van der Waals surface area contributed by atoms with Gasteiger partial charge in [0.1, 0.15) is 5.69 Å². The maximum absolute atomic E-state index is 11.0. The van der Waals surface area contributed by atoms with Crippen molar-refractivity contribution in [3.63, 3.8) is 0 Å². The number of hydrogen-bond donors (Lipinski definition) is 1. The summed E-state index contributed by atoms with van der Waals surface area (Å²) in [5.74, 6) is -0.260. The van der Waals surface area contributed by atoms with E-state index in [1.165, 1.54) is 0 Å². The van der Waals surface area contributed by atoms with Crippen LogP contribution in [0.25, 0.3) is 11.5 Å². The van der Waals surface area contributed by atoms with Crippen molar-refractivity contribution >= 4 is 11.7 Å². The molecule has 25 heavy (non-hydrogen) atoms. The van der Waals surface area contributed by atoms with E-state index in [0.717, 1.165) is 35.6 Å². The van der Waals surface area contributed by atoms with Crippen LogP contribution in [0.5, 0.6) is 0 Å². The summed E-state index contributed by atoms with van der Waals surface area (Å²) in [5.41, 5.74) is 4.22. The highest BCUT2D eigenvalue weighted by Gasteiger charge is 2.19. The number of carboxylic acids is 1. The standard InChI is InChI=1S/C19H16N4O2/c24-19(25)13-4-6-15(7-5-13)23-10-8-16-14(12-23)11-21-18(22-16)17-3-1-2-9-20-17/h1-7,9,11H,8,10,12H2,(H,24,25). The number of aromatic nitrogens is 3. The van der Waals surface area contributed by atoms with Gasteiger partial charge < -0.3 is 10.0 Å². The first-order valence-corrected chi connectivity index (χ1v) is 8.05. The Kier molecular flexibility index (Phi) is 3.85. The quantitative estimate of drug-likeness (QED) is 0.794. The highest BCUT2D eigenvalue weighted by Crippen LogP contribution is 2.24. The van der Waals surface area contributed by atoms with Crippen LogP contribution in [0.4, 0.5) is 5.69 Å². The number of carboxylic acid groups (broad SMARTS) is 1. The Hall–Kier alpha value is -3.28. The van der Waals surface area contributed by atoms with Crippen molar-refractivity contribution < 1.29 is 9.90 Å². The summed E-state index contributed by atoms with van der Waals surface area (Å²) in [7, 11) is 0. The normalized spacial score (nSPS) is 13.4. The minimum absolute atomic E-state index is 0.296. The minimum Gasteiger partial charge on any atom is -0.478 e. The first-order chi connectivity index (χ1) is 12.2. The Morgan fingerprint density at radius 3 is 2.64 bits per heavy atom. The third kappa shape index (κ3) is 3.06. The number of anilines is 1. The number of aromatic carboxylic acids is 1. The van der Waals surface area contributed by atoms with Gasteiger partial charge in [-0.1, -0.05) is 6.07 Å². The van der Waals surface area contributed by atoms with Gasteiger partial charge in [-0.05, 0) is 36.4 Å². The van der Waals surface area contributed by atoms with E-state index < -0.39 is 5.97 Å². The molecule has 124 valence electrons. The number of nitrogens with zero attached hydrogens (tertiary/aromatic N) is 4. The summed E-state index contributed by atoms with van der Waals surface area (Å²) in [6.45, 7) is 1.54. The van der Waals surface area contributed by atoms with Gasteiger partial charge in [-0.15, -0.1) is 0 Å². The van der Waals surface area contributed by atoms with Crippen molar-refractivity contribution in [2.45, 2.75) is 13.0 Å². The van der Waals surface area contributed by atoms with E-state index in [-0.39, 0.29) is 0 Å². The molecule has 6 heteroatoms. The van der Waals surface area contributed by atoms with Crippen molar-refractivity contribution in [2.24, 2.45) is 0 Å². The average Bonchev–Trinajstić information content (AvgIpc) is 2.68. The lowest BCUT2D eigenvalue weighted by molar-refractivity contribution is 0.0697. The molecule has 0 spiro atoms. The number of fused-ring (bicyclic) bond motifs is 1. The fourth-order valence-electron chi connectivity index (χ4n) is 2.97. The van der Waals surface area contributed by atoms with Gasteiger partial charge in [0.15, 0.2) is 5.82 Å². The van der Waals surface area contributed by atoms with Gasteiger partial charge in [-0.3, -0.25) is 4.98 Å². The molecule has 3 aromatic rings. The predicted octanol–water partition coefficient (Wildman–Crippen LogP) is 2.80. The topological polar surface area (TPSA) is 79.2 Å². The largest absolute Gasteiger partial charge is 0.478 e. The zero-order valence-electron chi connectivity index (χ0n) is 13.5. The van der Waals surface area contributed by atoms with Gasteiger partial charge in [0, 0.05) is 43.2 Å². The van der Waals surface area contributed by atoms with Crippen molar-refractivity contribution in [1.82, 2.24) is 15.0 Å². The van der Waals surface area contributed by atoms with Crippen LogP contribution in [0.3, 0.4) is 0 Å². The van der Waals surface area contributed by atoms with Gasteiger partial charge in [0.05, 0.1) is 11.3 Å². The molecule has 0 amide bonds. The molecule has 2 aromatic heterocycles. The Morgan fingerprint density at radius 2 is 1.92 bits per heavy atom. The lowest BCUT2D eigenvalue weighted by atomic mass is 10.1. The molecule has 4 rings (SSSR count). The molecule has 1 aromatic carbocycles. The fourth-order valence-corrected chi connectivity index (χ4v) is 2.97. The molecule has 6 nitrogen and oxygen atoms in total. The monoisotopic (exact) mass is 332 g/mol. The number of rotatable bonds is 3. The first-order valence-electron chi connectivity index (χ1n) is 8.05. The summed E-state index contributed by atoms with van der Waals surface area (Å²) in [6.07, 6.45) is 4.42. The number of hydrogen-bond acceptors (Lipinski definition) is 5. The van der Waals surface area contributed by atoms with Crippen LogP contribution in [0, 0.1) is 0 Å². The second-order valence-corrected chi connectivity index (χ2v) is 5.90. The molecule has 1 aliphatic heterocycles. The van der Waals surface area contributed by atoms with Crippen molar-refractivity contribution in [3.05, 3.63) is 71.7 Å². The summed E-state index contributed by atoms with van der Waals surface area (Å²) >= 11 is 0. The van der Waals surface area contributed by atoms with Crippen LogP contribution in [0.2, 0.25) is 0 Å². The zero-order valence-corrected chi connectivity index (χ0v) is 13.5. The smallest absolute Gasteiger partial charge is 0.335 e. The van der Waals surface area contributed by atoms with Crippen molar-refractivity contribution in [3.8, 4) is 11.5 Å². The van der Waals surface area contributed by atoms with Crippen LogP contribution in [-0.2, 0) is 13.0 Å². The lowest BCUT2D eigenvalue weighted by Crippen LogP contribution is -2.31. The summed E-state index contributed by atoms with van der Waals surface area (Å²) in [5, 5.41) is 9.00. The van der Waals surface area contributed by atoms with E-state index in [9.17, 15) is 4.79 Å². The molecular weight excluding hydrogens is 316 g/mol. The molecule has 0 saturated carbocycles. The van der Waals surface area contributed by atoms with Crippen LogP contribution >= 0.6 is 0 Å². The molecular formula is C19H16N4O2. The molecule has 0 radical (unpaired) electrons. The Bertz CT molecular complexity index is 910. The second kappa shape index (κ2) is 6.32. The first kappa shape index (κ1) is 15.3. The van der Waals surface area contributed by atoms with E-state index in [2.05, 4.69) is 19.9 Å². The van der Waals surface area contributed by atoms with Crippen LogP contribution in [-0.4, -0.2) is 32.6 Å². The Morgan fingerprint density at radius 1 is 1.08 bits per heavy atom. The maximum atomic E-state index is 11.0. The van der Waals surface area contributed by atoms with Gasteiger partial charge >= 0.3 is 5.97 Å². The minimum atomic E-state index is -0.911. The zero-order chi connectivity index (χ0) is 17.2. The number of carbonyl (C=O) groups is 1. The molecule has 1 aliphatic rings.